The van der Waals surface area contributed by atoms with E-state index in [2.05, 4.69) is 534 Å². The minimum absolute atomic E-state index is 0.207. The molecule has 4 aliphatic heterocycles. The van der Waals surface area contributed by atoms with E-state index in [0.29, 0.717) is 21.7 Å². The molecule has 0 aromatic heterocycles. The molecule has 8 aliphatic rings. The predicted molar refractivity (Wildman–Crippen MR) is 643 cm³/mol. The lowest BCUT2D eigenvalue weighted by Gasteiger charge is -2.26. The molecule has 22 rings (SSSR count). The number of hydrogen-bond acceptors (Lipinski definition) is 4. The van der Waals surface area contributed by atoms with E-state index in [9.17, 15) is 0 Å². The van der Waals surface area contributed by atoms with Crippen molar-refractivity contribution in [1.29, 1.82) is 0 Å². The molecule has 0 amide bonds. The summed E-state index contributed by atoms with van der Waals surface area (Å²) in [6, 6.07) is 107. The van der Waals surface area contributed by atoms with E-state index in [1.807, 2.05) is 24.6 Å². The number of rotatable bonds is 0. The van der Waals surface area contributed by atoms with Gasteiger partial charge in [0.15, 0.2) is 0 Å². The van der Waals surface area contributed by atoms with Gasteiger partial charge in [-0.1, -0.05) is 501 Å². The standard InChI is InChI=1S/3C14H16.4C13H18.4C12H15N/c3*1-14(2,3)13-9-8-11-6-4-5-7-12(11)10-13;2*1-13(2,3)12-8-7-10-5-4-6-11(10)9-12;2*1-13(2,3)12-8-10-6-4-5-7-11(10)9-12;1-12(2,3)10-4-5-11-9(8-10)6-7-13-11;1-12(2,3)10-5-4-9-6-7-13-11(9)8-10;2*1-12(2,3)11-8-9-6-4-5-7-10(9)13-11/h3*4-10H,1-3H3;2*7-9H,4-6H2,1-3H3;2*4-7,12H,8-9H2,1-3H3;2*4-5,7-8H,6H2,1-3H3;2*4-7H,8H2,1-3H3. The minimum Gasteiger partial charge on any atom is -0.261 e. The van der Waals surface area contributed by atoms with Gasteiger partial charge in [-0.05, 0) is 287 Å². The Morgan fingerprint density at radius 1 is 0.185 bits per heavy atom. The number of nitrogens with zero attached hydrogens (tertiary/aromatic N) is 4. The quantitative estimate of drug-likeness (QED) is 0.145. The Kier molecular flexibility index (Phi) is 36.7. The summed E-state index contributed by atoms with van der Waals surface area (Å²) in [6.07, 6.45) is 21.0. The molecule has 0 saturated heterocycles. The van der Waals surface area contributed by atoms with Crippen molar-refractivity contribution in [3.8, 4) is 0 Å². The molecule has 14 aromatic carbocycles. The summed E-state index contributed by atoms with van der Waals surface area (Å²) >= 11 is 0. The van der Waals surface area contributed by atoms with Crippen LogP contribution in [0.15, 0.2) is 317 Å². The van der Waals surface area contributed by atoms with Crippen molar-refractivity contribution in [2.45, 2.75) is 356 Å². The third-order valence-electron chi connectivity index (χ3n) is 30.2. The second-order valence-electron chi connectivity index (χ2n) is 53.5. The first-order valence-electron chi connectivity index (χ1n) is 54.8. The zero-order valence-electron chi connectivity index (χ0n) is 96.3. The predicted octanol–water partition coefficient (Wildman–Crippen LogP) is 39.5. The van der Waals surface area contributed by atoms with Crippen molar-refractivity contribution < 1.29 is 0 Å². The van der Waals surface area contributed by atoms with E-state index < -0.39 is 0 Å². The van der Waals surface area contributed by atoms with E-state index in [1.165, 1.54) is 169 Å². The van der Waals surface area contributed by atoms with Gasteiger partial charge in [0.05, 0.1) is 22.7 Å². The Hall–Kier alpha value is -11.5. The maximum atomic E-state index is 4.64. The molecule has 0 N–H and O–H groups in total. The Balaban J connectivity index is 0.000000143. The van der Waals surface area contributed by atoms with Crippen LogP contribution in [0.3, 0.4) is 0 Å². The average molecular weight is 1940 g/mol. The van der Waals surface area contributed by atoms with Crippen molar-refractivity contribution in [2.24, 2.45) is 53.5 Å². The fourth-order valence-electron chi connectivity index (χ4n) is 19.7. The van der Waals surface area contributed by atoms with E-state index in [1.54, 1.807) is 44.5 Å². The van der Waals surface area contributed by atoms with Gasteiger partial charge in [0.25, 0.3) is 0 Å². The van der Waals surface area contributed by atoms with Crippen LogP contribution in [0.5, 0.6) is 0 Å². The van der Waals surface area contributed by atoms with Crippen molar-refractivity contribution >= 4 is 78.9 Å². The van der Waals surface area contributed by atoms with E-state index in [0.717, 1.165) is 60.3 Å². The summed E-state index contributed by atoms with van der Waals surface area (Å²) in [6.45, 7) is 74.7. The third-order valence-corrected chi connectivity index (χ3v) is 30.2. The lowest BCUT2D eigenvalue weighted by Crippen LogP contribution is -2.20. The van der Waals surface area contributed by atoms with Crippen LogP contribution in [0.2, 0.25) is 0 Å². The monoisotopic (exact) mass is 1940 g/mol. The Morgan fingerprint density at radius 2 is 0.432 bits per heavy atom. The summed E-state index contributed by atoms with van der Waals surface area (Å²) in [5.74, 6) is 1.68. The van der Waals surface area contributed by atoms with Crippen molar-refractivity contribution in [1.82, 2.24) is 0 Å². The van der Waals surface area contributed by atoms with Crippen molar-refractivity contribution in [2.75, 3.05) is 0 Å². The number of fused-ring (bicyclic) bond motifs is 11. The highest BCUT2D eigenvalue weighted by Gasteiger charge is 2.34. The van der Waals surface area contributed by atoms with Gasteiger partial charge in [0.1, 0.15) is 0 Å². The molecule has 146 heavy (non-hydrogen) atoms. The van der Waals surface area contributed by atoms with Crippen LogP contribution in [-0.2, 0) is 115 Å². The normalized spacial score (nSPS) is 14.7. The molecule has 0 fully saturated rings. The maximum Gasteiger partial charge on any atom is 0.0665 e. The maximum absolute atomic E-state index is 4.64. The summed E-state index contributed by atoms with van der Waals surface area (Å²) in [5, 5.41) is 7.96. The highest BCUT2D eigenvalue weighted by Crippen LogP contribution is 2.43. The van der Waals surface area contributed by atoms with Crippen LogP contribution < -0.4 is 0 Å². The highest BCUT2D eigenvalue weighted by molar-refractivity contribution is 5.98. The fraction of sp³-hybridized carbons (Fsp3) is 0.423. The summed E-state index contributed by atoms with van der Waals surface area (Å²) in [4.78, 5) is 17.9. The molecule has 4 aliphatic carbocycles. The van der Waals surface area contributed by atoms with Gasteiger partial charge in [-0.25, -0.2) is 0 Å². The molecule has 0 radical (unpaired) electrons. The topological polar surface area (TPSA) is 49.4 Å². The summed E-state index contributed by atoms with van der Waals surface area (Å²) in [7, 11) is 0. The first-order valence-corrected chi connectivity index (χ1v) is 54.8. The zero-order chi connectivity index (χ0) is 106. The molecular formula is C142H180N4. The SMILES string of the molecule is CC(C)(C)C1=Nc2ccccc2C1.CC(C)(C)C1=Nc2ccccc2C1.CC(C)(C)C1Cc2ccccc2C1.CC(C)(C)C1Cc2ccccc2C1.CC(C)(C)c1ccc2c(c1)CC=N2.CC(C)(C)c1ccc2c(c1)CCC2.CC(C)(C)c1ccc2c(c1)CCC2.CC(C)(C)c1ccc2c(c1)N=CC2.CC(C)(C)c1ccc2ccccc2c1.CC(C)(C)c1ccc2ccccc2c1.CC(C)(C)c1ccc2ccccc2c1. The van der Waals surface area contributed by atoms with Crippen LogP contribution >= 0.6 is 0 Å². The minimum atomic E-state index is 0.207. The lowest BCUT2D eigenvalue weighted by atomic mass is 9.79. The molecule has 0 bridgehead atoms. The molecular weight excluding hydrogens is 1760 g/mol. The lowest BCUT2D eigenvalue weighted by molar-refractivity contribution is 0.251. The van der Waals surface area contributed by atoms with Crippen molar-refractivity contribution in [3.63, 3.8) is 0 Å². The van der Waals surface area contributed by atoms with E-state index in [-0.39, 0.29) is 37.9 Å². The Bertz CT molecular complexity index is 6340. The highest BCUT2D eigenvalue weighted by atomic mass is 14.8. The molecule has 0 saturated carbocycles. The average Bonchev–Trinajstić information content (AvgIpc) is 1.75. The number of para-hydroxylation sites is 2. The second kappa shape index (κ2) is 47.4. The second-order valence-corrected chi connectivity index (χ2v) is 53.5. The van der Waals surface area contributed by atoms with Crippen molar-refractivity contribution in [3.05, 3.63) is 403 Å². The van der Waals surface area contributed by atoms with E-state index >= 15 is 0 Å². The smallest absolute Gasteiger partial charge is 0.0665 e. The van der Waals surface area contributed by atoms with Crippen LogP contribution in [0.1, 0.15) is 347 Å². The van der Waals surface area contributed by atoms with Crippen LogP contribution in [-0.4, -0.2) is 23.9 Å². The molecule has 0 atom stereocenters. The number of aryl methyl sites for hydroxylation is 4. The molecule has 768 valence electrons. The van der Waals surface area contributed by atoms with Crippen LogP contribution in [0.25, 0.3) is 32.3 Å². The zero-order valence-corrected chi connectivity index (χ0v) is 96.3. The van der Waals surface area contributed by atoms with Gasteiger partial charge in [0, 0.05) is 60.4 Å². The van der Waals surface area contributed by atoms with Gasteiger partial charge >= 0.3 is 0 Å². The molecule has 0 spiro atoms. The van der Waals surface area contributed by atoms with Gasteiger partial charge in [0.2, 0.25) is 0 Å². The fourth-order valence-corrected chi connectivity index (χ4v) is 19.7. The summed E-state index contributed by atoms with van der Waals surface area (Å²) in [5.41, 5.74) is 38.4. The molecule has 0 unspecified atom stereocenters. The Labute approximate surface area is 885 Å². The van der Waals surface area contributed by atoms with Gasteiger partial charge in [-0.3, -0.25) is 20.0 Å². The number of benzene rings is 14. The molecule has 4 nitrogen and oxygen atoms in total. The number of hydrogen-bond donors (Lipinski definition) is 0. The molecule has 14 aromatic rings. The molecule has 4 heteroatoms. The summed E-state index contributed by atoms with van der Waals surface area (Å²) < 4.78 is 0. The first-order chi connectivity index (χ1) is 68.3. The van der Waals surface area contributed by atoms with Crippen LogP contribution in [0, 0.1) is 33.5 Å². The van der Waals surface area contributed by atoms with E-state index in [4.69, 9.17) is 0 Å². The van der Waals surface area contributed by atoms with Gasteiger partial charge in [-0.15, -0.1) is 0 Å². The first kappa shape index (κ1) is 113. The van der Waals surface area contributed by atoms with Crippen LogP contribution in [0.4, 0.5) is 22.7 Å². The number of aliphatic imine (C=N–C) groups is 4. The third kappa shape index (κ3) is 32.3. The largest absolute Gasteiger partial charge is 0.261 e. The van der Waals surface area contributed by atoms with Gasteiger partial charge < -0.3 is 0 Å². The van der Waals surface area contributed by atoms with Gasteiger partial charge in [-0.2, -0.15) is 0 Å². The molecule has 4 heterocycles. The Morgan fingerprint density at radius 3 is 0.740 bits per heavy atom.